The van der Waals surface area contributed by atoms with Gasteiger partial charge in [0.15, 0.2) is 0 Å². The van der Waals surface area contributed by atoms with Crippen molar-refractivity contribution >= 4 is 40.5 Å². The van der Waals surface area contributed by atoms with Crippen LogP contribution in [0.4, 0.5) is 10.5 Å². The van der Waals surface area contributed by atoms with Gasteiger partial charge in [-0.05, 0) is 44.5 Å². The second kappa shape index (κ2) is 20.2. The third-order valence-corrected chi connectivity index (χ3v) is 6.64. The smallest absolute Gasteiger partial charge is 0.410 e. The summed E-state index contributed by atoms with van der Waals surface area (Å²) in [5.41, 5.74) is 0.517. The SMILES string of the molecule is C=C/C=C(\C=C)COC(=O)CN1C(=O)c2ccc(N(CCN(CCOC)C(=O)OC(C)(C)C)S(C)=O)cc2C1=O.CC.CC. The number of rotatable bonds is 14. The largest absolute Gasteiger partial charge is 0.459 e. The van der Waals surface area contributed by atoms with Crippen LogP contribution in [-0.2, 0) is 30.0 Å². The number of benzene rings is 1. The summed E-state index contributed by atoms with van der Waals surface area (Å²) in [7, 11) is -0.0154. The summed E-state index contributed by atoms with van der Waals surface area (Å²) < 4.78 is 29.9. The van der Waals surface area contributed by atoms with Crippen molar-refractivity contribution in [1.82, 2.24) is 9.80 Å². The number of carbonyl (C=O) groups excluding carboxylic acids is 4. The third kappa shape index (κ3) is 12.5. The lowest BCUT2D eigenvalue weighted by Gasteiger charge is -2.29. The van der Waals surface area contributed by atoms with Crippen molar-refractivity contribution in [2.75, 3.05) is 57.1 Å². The molecule has 1 atom stereocenters. The van der Waals surface area contributed by atoms with Crippen molar-refractivity contribution < 1.29 is 37.6 Å². The van der Waals surface area contributed by atoms with E-state index in [9.17, 15) is 23.4 Å². The molecule has 2 rings (SSSR count). The van der Waals surface area contributed by atoms with E-state index in [2.05, 4.69) is 13.2 Å². The van der Waals surface area contributed by atoms with E-state index in [1.807, 2.05) is 27.7 Å². The van der Waals surface area contributed by atoms with Gasteiger partial charge >= 0.3 is 12.1 Å². The minimum atomic E-state index is -1.53. The number of esters is 1. The number of nitrogens with zero attached hydrogens (tertiary/aromatic N) is 3. The van der Waals surface area contributed by atoms with Gasteiger partial charge < -0.3 is 19.1 Å². The highest BCUT2D eigenvalue weighted by atomic mass is 32.2. The summed E-state index contributed by atoms with van der Waals surface area (Å²) in [4.78, 5) is 53.2. The maximum absolute atomic E-state index is 13.1. The van der Waals surface area contributed by atoms with Crippen LogP contribution in [0.15, 0.2) is 55.2 Å². The quantitative estimate of drug-likeness (QED) is 0.156. The predicted octanol–water partition coefficient (Wildman–Crippen LogP) is 5.16. The molecule has 1 aliphatic heterocycles. The minimum absolute atomic E-state index is 0.0764. The van der Waals surface area contributed by atoms with Crippen LogP contribution in [0.2, 0.25) is 0 Å². The Kier molecular flexibility index (Phi) is 18.5. The van der Waals surface area contributed by atoms with Gasteiger partial charge in [0.05, 0.1) is 23.4 Å². The molecule has 0 bridgehead atoms. The minimum Gasteiger partial charge on any atom is -0.459 e. The van der Waals surface area contributed by atoms with Crippen LogP contribution in [0, 0.1) is 0 Å². The van der Waals surface area contributed by atoms with Gasteiger partial charge in [0.25, 0.3) is 11.8 Å². The number of amides is 3. The average molecular weight is 636 g/mol. The zero-order chi connectivity index (χ0) is 34.0. The van der Waals surface area contributed by atoms with Crippen molar-refractivity contribution in [1.29, 1.82) is 0 Å². The molecule has 1 aromatic rings. The molecule has 0 saturated heterocycles. The van der Waals surface area contributed by atoms with Crippen LogP contribution in [0.25, 0.3) is 0 Å². The molecule has 11 nitrogen and oxygen atoms in total. The first-order chi connectivity index (χ1) is 20.8. The molecule has 12 heteroatoms. The van der Waals surface area contributed by atoms with Crippen LogP contribution in [-0.4, -0.2) is 96.2 Å². The van der Waals surface area contributed by atoms with E-state index < -0.39 is 47.0 Å². The van der Waals surface area contributed by atoms with Crippen molar-refractivity contribution in [3.05, 3.63) is 66.3 Å². The zero-order valence-electron chi connectivity index (χ0n) is 27.6. The molecule has 0 aliphatic carbocycles. The van der Waals surface area contributed by atoms with Gasteiger partial charge in [0.1, 0.15) is 29.7 Å². The molecule has 0 N–H and O–H groups in total. The molecular formula is C32H49N3O8S. The Morgan fingerprint density at radius 3 is 2.14 bits per heavy atom. The van der Waals surface area contributed by atoms with Gasteiger partial charge in [-0.1, -0.05) is 59.1 Å². The van der Waals surface area contributed by atoms with Gasteiger partial charge in [-0.3, -0.25) is 23.6 Å². The van der Waals surface area contributed by atoms with E-state index in [1.165, 1.54) is 46.9 Å². The number of anilines is 1. The van der Waals surface area contributed by atoms with Crippen molar-refractivity contribution in [2.45, 2.75) is 54.1 Å². The second-order valence-electron chi connectivity index (χ2n) is 9.75. The van der Waals surface area contributed by atoms with Gasteiger partial charge in [-0.2, -0.15) is 0 Å². The Morgan fingerprint density at radius 1 is 1.00 bits per heavy atom. The number of ether oxygens (including phenoxy) is 3. The highest BCUT2D eigenvalue weighted by molar-refractivity contribution is 7.85. The molecule has 0 spiro atoms. The fraction of sp³-hybridized carbons (Fsp3) is 0.500. The number of methoxy groups -OCH3 is 1. The lowest BCUT2D eigenvalue weighted by atomic mass is 10.1. The molecule has 1 heterocycles. The van der Waals surface area contributed by atoms with Crippen LogP contribution in [0.3, 0.4) is 0 Å². The zero-order valence-corrected chi connectivity index (χ0v) is 28.5. The maximum atomic E-state index is 13.1. The Hall–Kier alpha value is -3.77. The number of hydrogen-bond donors (Lipinski definition) is 0. The molecule has 0 aromatic heterocycles. The van der Waals surface area contributed by atoms with E-state index in [-0.39, 0.29) is 44.0 Å². The number of fused-ring (bicyclic) bond motifs is 1. The monoisotopic (exact) mass is 635 g/mol. The third-order valence-electron chi connectivity index (χ3n) is 5.62. The van der Waals surface area contributed by atoms with E-state index in [0.29, 0.717) is 11.3 Å². The van der Waals surface area contributed by atoms with Gasteiger partial charge in [0, 0.05) is 33.0 Å². The first kappa shape index (κ1) is 40.2. The second-order valence-corrected chi connectivity index (χ2v) is 11.0. The Balaban J connectivity index is 0.00000443. The van der Waals surface area contributed by atoms with E-state index in [1.54, 1.807) is 32.9 Å². The standard InChI is InChI=1S/C28H37N3O8S.2C2H6/c1-8-10-20(9-2)19-38-24(32)18-30-25(33)22-12-11-21(17-23(22)26(30)34)31(40(7)36)14-13-29(15-16-37-6)27(35)39-28(3,4)5;2*1-2/h8-12,17H,1-2,13-16,18-19H2,3-7H3;2*1-2H3/b20-10+;;. The predicted molar refractivity (Wildman–Crippen MR) is 175 cm³/mol. The molecule has 246 valence electrons. The summed E-state index contributed by atoms with van der Waals surface area (Å²) in [6, 6.07) is 4.48. The molecule has 1 unspecified atom stereocenters. The Morgan fingerprint density at radius 2 is 1.61 bits per heavy atom. The summed E-state index contributed by atoms with van der Waals surface area (Å²) in [5.74, 6) is -2.06. The maximum Gasteiger partial charge on any atom is 0.410 e. The molecular weight excluding hydrogens is 586 g/mol. The van der Waals surface area contributed by atoms with Crippen LogP contribution >= 0.6 is 0 Å². The number of carbonyl (C=O) groups is 4. The molecule has 3 amide bonds. The molecule has 1 aliphatic rings. The van der Waals surface area contributed by atoms with E-state index in [4.69, 9.17) is 14.2 Å². The average Bonchev–Trinajstić information content (AvgIpc) is 3.22. The summed E-state index contributed by atoms with van der Waals surface area (Å²) in [6.07, 6.45) is 5.58. The molecule has 44 heavy (non-hydrogen) atoms. The summed E-state index contributed by atoms with van der Waals surface area (Å²) in [6.45, 7) is 20.7. The fourth-order valence-corrected chi connectivity index (χ4v) is 4.43. The first-order valence-corrected chi connectivity index (χ1v) is 16.0. The Labute approximate surface area is 265 Å². The van der Waals surface area contributed by atoms with Crippen molar-refractivity contribution in [3.63, 3.8) is 0 Å². The summed E-state index contributed by atoms with van der Waals surface area (Å²) in [5, 5.41) is 0. The van der Waals surface area contributed by atoms with E-state index >= 15 is 0 Å². The van der Waals surface area contributed by atoms with Crippen LogP contribution < -0.4 is 4.31 Å². The highest BCUT2D eigenvalue weighted by Gasteiger charge is 2.37. The lowest BCUT2D eigenvalue weighted by Crippen LogP contribution is -2.43. The van der Waals surface area contributed by atoms with Gasteiger partial charge in [-0.15, -0.1) is 0 Å². The van der Waals surface area contributed by atoms with E-state index in [0.717, 1.165) is 4.90 Å². The van der Waals surface area contributed by atoms with Crippen molar-refractivity contribution in [3.8, 4) is 0 Å². The lowest BCUT2D eigenvalue weighted by molar-refractivity contribution is -0.142. The first-order valence-electron chi connectivity index (χ1n) is 14.5. The molecule has 0 radical (unpaired) electrons. The number of allylic oxidation sites excluding steroid dienone is 2. The normalized spacial score (nSPS) is 12.9. The summed E-state index contributed by atoms with van der Waals surface area (Å²) >= 11 is 0. The highest BCUT2D eigenvalue weighted by Crippen LogP contribution is 2.28. The Bertz CT molecular complexity index is 1210. The molecule has 1 aromatic carbocycles. The number of hydrogen-bond acceptors (Lipinski definition) is 8. The van der Waals surface area contributed by atoms with Crippen LogP contribution in [0.5, 0.6) is 0 Å². The fourth-order valence-electron chi connectivity index (χ4n) is 3.68. The molecule has 0 saturated carbocycles. The topological polar surface area (TPSA) is 123 Å². The van der Waals surface area contributed by atoms with Gasteiger partial charge in [-0.25, -0.2) is 9.00 Å². The number of imide groups is 1. The van der Waals surface area contributed by atoms with Crippen LogP contribution in [0.1, 0.15) is 69.2 Å². The van der Waals surface area contributed by atoms with Crippen molar-refractivity contribution in [2.24, 2.45) is 0 Å². The van der Waals surface area contributed by atoms with Gasteiger partial charge in [0.2, 0.25) is 0 Å². The molecule has 0 fully saturated rings.